The van der Waals surface area contributed by atoms with Gasteiger partial charge in [-0.3, -0.25) is 0 Å². The number of hydrogen-bond acceptors (Lipinski definition) is 2. The minimum Gasteiger partial charge on any atom is -0.398 e. The zero-order valence-corrected chi connectivity index (χ0v) is 11.1. The molecule has 1 atom stereocenters. The molecule has 1 aliphatic rings. The van der Waals surface area contributed by atoms with Crippen LogP contribution in [0.2, 0.25) is 0 Å². The lowest BCUT2D eigenvalue weighted by molar-refractivity contribution is 0.272. The van der Waals surface area contributed by atoms with Crippen molar-refractivity contribution in [3.8, 4) is 0 Å². The van der Waals surface area contributed by atoms with Crippen molar-refractivity contribution in [1.82, 2.24) is 4.90 Å². The first-order valence-electron chi connectivity index (χ1n) is 6.85. The van der Waals surface area contributed by atoms with Crippen LogP contribution in [-0.2, 0) is 6.42 Å². The molecule has 0 aliphatic heterocycles. The van der Waals surface area contributed by atoms with E-state index in [1.165, 1.54) is 30.5 Å². The van der Waals surface area contributed by atoms with Crippen LogP contribution in [0, 0.1) is 0 Å². The fourth-order valence-electron chi connectivity index (χ4n) is 2.96. The Morgan fingerprint density at radius 1 is 1.29 bits per heavy atom. The third kappa shape index (κ3) is 2.63. The topological polar surface area (TPSA) is 29.3 Å². The van der Waals surface area contributed by atoms with E-state index in [9.17, 15) is 0 Å². The Bertz CT molecular complexity index is 369. The van der Waals surface area contributed by atoms with Crippen LogP contribution >= 0.6 is 0 Å². The van der Waals surface area contributed by atoms with Gasteiger partial charge in [0.05, 0.1) is 0 Å². The Balaban J connectivity index is 2.20. The van der Waals surface area contributed by atoms with E-state index >= 15 is 0 Å². The van der Waals surface area contributed by atoms with Crippen molar-refractivity contribution in [2.24, 2.45) is 0 Å². The molecular formula is C15H24N2. The Morgan fingerprint density at radius 2 is 2.06 bits per heavy atom. The smallest absolute Gasteiger partial charge is 0.0349 e. The number of fused-ring (bicyclic) bond motifs is 1. The third-order valence-corrected chi connectivity index (χ3v) is 4.04. The molecule has 0 amide bonds. The van der Waals surface area contributed by atoms with Gasteiger partial charge < -0.3 is 10.6 Å². The Labute approximate surface area is 105 Å². The van der Waals surface area contributed by atoms with E-state index in [1.807, 2.05) is 6.07 Å². The quantitative estimate of drug-likeness (QED) is 0.809. The summed E-state index contributed by atoms with van der Waals surface area (Å²) in [5.74, 6) is 0.683. The van der Waals surface area contributed by atoms with Crippen molar-refractivity contribution < 1.29 is 0 Å². The lowest BCUT2D eigenvalue weighted by atomic mass is 9.82. The molecule has 0 saturated heterocycles. The van der Waals surface area contributed by atoms with Crippen LogP contribution in [0.1, 0.15) is 43.7 Å². The van der Waals surface area contributed by atoms with Crippen molar-refractivity contribution in [2.45, 2.75) is 39.0 Å². The third-order valence-electron chi connectivity index (χ3n) is 4.04. The summed E-state index contributed by atoms with van der Waals surface area (Å²) in [6.45, 7) is 7.96. The molecule has 1 aliphatic carbocycles. The summed E-state index contributed by atoms with van der Waals surface area (Å²) in [5.41, 5.74) is 9.99. The molecule has 0 spiro atoms. The second-order valence-corrected chi connectivity index (χ2v) is 4.99. The first-order valence-corrected chi connectivity index (χ1v) is 6.85. The molecule has 2 nitrogen and oxygen atoms in total. The molecule has 2 rings (SSSR count). The lowest BCUT2D eigenvalue weighted by Gasteiger charge is -2.30. The molecule has 0 radical (unpaired) electrons. The van der Waals surface area contributed by atoms with Gasteiger partial charge in [-0.25, -0.2) is 0 Å². The summed E-state index contributed by atoms with van der Waals surface area (Å²) in [7, 11) is 0. The van der Waals surface area contributed by atoms with Crippen LogP contribution in [0.25, 0.3) is 0 Å². The summed E-state index contributed by atoms with van der Waals surface area (Å²) >= 11 is 0. The molecule has 1 unspecified atom stereocenters. The molecule has 1 aromatic rings. The first kappa shape index (κ1) is 12.4. The largest absolute Gasteiger partial charge is 0.398 e. The van der Waals surface area contributed by atoms with Gasteiger partial charge in [0.1, 0.15) is 0 Å². The summed E-state index contributed by atoms with van der Waals surface area (Å²) in [6.07, 6.45) is 3.76. The van der Waals surface area contributed by atoms with Gasteiger partial charge >= 0.3 is 0 Å². The number of likely N-dealkylation sites (N-methyl/N-ethyl adjacent to an activating group) is 1. The van der Waals surface area contributed by atoms with Gasteiger partial charge in [-0.15, -0.1) is 0 Å². The maximum absolute atomic E-state index is 6.09. The standard InChI is InChI=1S/C15H24N2/c1-3-17(4-2)11-12-7-5-9-14-13(12)8-6-10-15(14)16/h6,8,10,12H,3-5,7,9,11,16H2,1-2H3. The van der Waals surface area contributed by atoms with E-state index in [-0.39, 0.29) is 0 Å². The first-order chi connectivity index (χ1) is 8.26. The normalized spacial score (nSPS) is 19.4. The molecule has 0 fully saturated rings. The molecule has 2 N–H and O–H groups in total. The van der Waals surface area contributed by atoms with Gasteiger partial charge in [0.25, 0.3) is 0 Å². The predicted octanol–water partition coefficient (Wildman–Crippen LogP) is 3.03. The van der Waals surface area contributed by atoms with E-state index in [0.29, 0.717) is 5.92 Å². The molecule has 0 bridgehead atoms. The molecule has 0 saturated carbocycles. The van der Waals surface area contributed by atoms with E-state index in [2.05, 4.69) is 30.9 Å². The highest BCUT2D eigenvalue weighted by atomic mass is 15.1. The van der Waals surface area contributed by atoms with Crippen LogP contribution in [0.4, 0.5) is 5.69 Å². The Hall–Kier alpha value is -1.02. The van der Waals surface area contributed by atoms with Crippen LogP contribution < -0.4 is 5.73 Å². The number of hydrogen-bond donors (Lipinski definition) is 1. The van der Waals surface area contributed by atoms with E-state index in [1.54, 1.807) is 0 Å². The van der Waals surface area contributed by atoms with Crippen molar-refractivity contribution in [2.75, 3.05) is 25.4 Å². The molecule has 0 heterocycles. The van der Waals surface area contributed by atoms with Crippen LogP contribution in [-0.4, -0.2) is 24.5 Å². The average molecular weight is 232 g/mol. The molecule has 2 heteroatoms. The number of rotatable bonds is 4. The highest BCUT2D eigenvalue weighted by Gasteiger charge is 2.22. The van der Waals surface area contributed by atoms with Crippen LogP contribution in [0.15, 0.2) is 18.2 Å². The molecular weight excluding hydrogens is 208 g/mol. The number of benzene rings is 1. The Morgan fingerprint density at radius 3 is 2.76 bits per heavy atom. The van der Waals surface area contributed by atoms with Gasteiger partial charge in [-0.05, 0) is 55.5 Å². The zero-order valence-electron chi connectivity index (χ0n) is 11.1. The maximum atomic E-state index is 6.09. The number of nitrogens with two attached hydrogens (primary N) is 1. The SMILES string of the molecule is CCN(CC)CC1CCCc2c(N)cccc21. The fraction of sp³-hybridized carbons (Fsp3) is 0.600. The minimum absolute atomic E-state index is 0.683. The molecule has 1 aromatic carbocycles. The number of anilines is 1. The van der Waals surface area contributed by atoms with Gasteiger partial charge in [-0.2, -0.15) is 0 Å². The summed E-state index contributed by atoms with van der Waals surface area (Å²) in [6, 6.07) is 6.42. The average Bonchev–Trinajstić information content (AvgIpc) is 2.37. The van der Waals surface area contributed by atoms with Crippen LogP contribution in [0.5, 0.6) is 0 Å². The summed E-state index contributed by atoms with van der Waals surface area (Å²) < 4.78 is 0. The molecule has 0 aromatic heterocycles. The second kappa shape index (κ2) is 5.54. The molecule has 94 valence electrons. The van der Waals surface area contributed by atoms with Crippen molar-refractivity contribution in [3.05, 3.63) is 29.3 Å². The fourth-order valence-corrected chi connectivity index (χ4v) is 2.96. The number of nitrogen functional groups attached to an aromatic ring is 1. The summed E-state index contributed by atoms with van der Waals surface area (Å²) in [4.78, 5) is 2.52. The highest BCUT2D eigenvalue weighted by Crippen LogP contribution is 2.34. The van der Waals surface area contributed by atoms with Gasteiger partial charge in [0, 0.05) is 12.2 Å². The summed E-state index contributed by atoms with van der Waals surface area (Å²) in [5, 5.41) is 0. The van der Waals surface area contributed by atoms with Crippen LogP contribution in [0.3, 0.4) is 0 Å². The monoisotopic (exact) mass is 232 g/mol. The van der Waals surface area contributed by atoms with Crippen molar-refractivity contribution in [3.63, 3.8) is 0 Å². The predicted molar refractivity (Wildman–Crippen MR) is 74.3 cm³/mol. The van der Waals surface area contributed by atoms with E-state index in [0.717, 1.165) is 25.2 Å². The van der Waals surface area contributed by atoms with Gasteiger partial charge in [0.15, 0.2) is 0 Å². The van der Waals surface area contributed by atoms with Gasteiger partial charge in [0.2, 0.25) is 0 Å². The van der Waals surface area contributed by atoms with Crippen molar-refractivity contribution in [1.29, 1.82) is 0 Å². The van der Waals surface area contributed by atoms with Gasteiger partial charge in [-0.1, -0.05) is 26.0 Å². The minimum atomic E-state index is 0.683. The highest BCUT2D eigenvalue weighted by molar-refractivity contribution is 5.53. The zero-order chi connectivity index (χ0) is 12.3. The molecule has 17 heavy (non-hydrogen) atoms. The van der Waals surface area contributed by atoms with E-state index in [4.69, 9.17) is 5.73 Å². The second-order valence-electron chi connectivity index (χ2n) is 4.99. The maximum Gasteiger partial charge on any atom is 0.0349 e. The number of nitrogens with zero attached hydrogens (tertiary/aromatic N) is 1. The van der Waals surface area contributed by atoms with Crippen molar-refractivity contribution >= 4 is 5.69 Å². The lowest BCUT2D eigenvalue weighted by Crippen LogP contribution is -2.30. The Kier molecular flexibility index (Phi) is 4.06. The van der Waals surface area contributed by atoms with E-state index < -0.39 is 0 Å².